The van der Waals surface area contributed by atoms with Crippen LogP contribution in [0.4, 0.5) is 0 Å². The van der Waals surface area contributed by atoms with Crippen LogP contribution in [0.15, 0.2) is 4.99 Å². The minimum Gasteiger partial charge on any atom is -0.383 e. The number of thiazole rings is 1. The minimum atomic E-state index is 0.0350. The molecule has 3 rings (SSSR count). The van der Waals surface area contributed by atoms with E-state index < -0.39 is 0 Å². The molecule has 1 amide bonds. The summed E-state index contributed by atoms with van der Waals surface area (Å²) in [5, 5.41) is 0. The summed E-state index contributed by atoms with van der Waals surface area (Å²) in [6, 6.07) is 0. The van der Waals surface area contributed by atoms with Gasteiger partial charge in [-0.25, -0.2) is 0 Å². The molecule has 2 aliphatic carbocycles. The number of nitrogens with zero attached hydrogens (tertiary/aromatic N) is 2. The molecule has 1 aromatic rings. The van der Waals surface area contributed by atoms with Gasteiger partial charge in [0.1, 0.15) is 0 Å². The smallest absolute Gasteiger partial charge is 0.252 e. The molecule has 22 heavy (non-hydrogen) atoms. The van der Waals surface area contributed by atoms with Gasteiger partial charge in [-0.1, -0.05) is 27.7 Å². The second-order valence-electron chi connectivity index (χ2n) is 7.58. The number of rotatable bonds is 4. The Hall–Kier alpha value is -0.940. The zero-order valence-electron chi connectivity index (χ0n) is 14.2. The van der Waals surface area contributed by atoms with Crippen LogP contribution in [0.2, 0.25) is 0 Å². The number of aryl methyl sites for hydroxylation is 1. The molecule has 0 unspecified atom stereocenters. The molecule has 1 saturated carbocycles. The molecule has 0 radical (unpaired) electrons. The lowest BCUT2D eigenvalue weighted by Gasteiger charge is -2.06. The SMILES string of the molecule is COCCn1c2c(s/c1=N\C(=O)C1C(C)(C)C1(C)C)CCC2. The predicted octanol–water partition coefficient (Wildman–Crippen LogP) is 2.79. The van der Waals surface area contributed by atoms with Crippen molar-refractivity contribution >= 4 is 17.2 Å². The molecule has 1 fully saturated rings. The van der Waals surface area contributed by atoms with E-state index in [1.807, 2.05) is 0 Å². The van der Waals surface area contributed by atoms with Crippen molar-refractivity contribution in [2.45, 2.75) is 53.5 Å². The first-order valence-corrected chi connectivity index (χ1v) is 8.91. The fourth-order valence-corrected chi connectivity index (χ4v) is 5.09. The lowest BCUT2D eigenvalue weighted by molar-refractivity contribution is -0.120. The van der Waals surface area contributed by atoms with Gasteiger partial charge in [-0.2, -0.15) is 4.99 Å². The number of ether oxygens (including phenoxy) is 1. The van der Waals surface area contributed by atoms with Crippen LogP contribution in [0.1, 0.15) is 44.7 Å². The molecule has 0 bridgehead atoms. The summed E-state index contributed by atoms with van der Waals surface area (Å²) >= 11 is 1.69. The molecule has 1 heterocycles. The quantitative estimate of drug-likeness (QED) is 0.855. The Balaban J connectivity index is 1.93. The maximum absolute atomic E-state index is 12.7. The van der Waals surface area contributed by atoms with Crippen LogP contribution < -0.4 is 4.80 Å². The van der Waals surface area contributed by atoms with Gasteiger partial charge < -0.3 is 9.30 Å². The van der Waals surface area contributed by atoms with Gasteiger partial charge >= 0.3 is 0 Å². The van der Waals surface area contributed by atoms with Gasteiger partial charge in [0.25, 0.3) is 5.91 Å². The monoisotopic (exact) mass is 322 g/mol. The van der Waals surface area contributed by atoms with E-state index in [9.17, 15) is 4.79 Å². The Morgan fingerprint density at radius 1 is 1.32 bits per heavy atom. The molecule has 1 aromatic heterocycles. The Kier molecular flexibility index (Phi) is 3.84. The van der Waals surface area contributed by atoms with Gasteiger partial charge in [-0.3, -0.25) is 4.79 Å². The van der Waals surface area contributed by atoms with E-state index in [1.165, 1.54) is 17.0 Å². The highest BCUT2D eigenvalue weighted by Crippen LogP contribution is 2.68. The van der Waals surface area contributed by atoms with E-state index in [2.05, 4.69) is 37.3 Å². The maximum atomic E-state index is 12.7. The summed E-state index contributed by atoms with van der Waals surface area (Å²) in [7, 11) is 1.71. The maximum Gasteiger partial charge on any atom is 0.252 e. The second kappa shape index (κ2) is 5.31. The summed E-state index contributed by atoms with van der Waals surface area (Å²) in [5.41, 5.74) is 1.46. The van der Waals surface area contributed by atoms with Crippen molar-refractivity contribution in [3.63, 3.8) is 0 Å². The Bertz CT molecular complexity index is 653. The average Bonchev–Trinajstić information content (AvgIpc) is 2.81. The molecule has 4 nitrogen and oxygen atoms in total. The van der Waals surface area contributed by atoms with Crippen LogP contribution in [0.25, 0.3) is 0 Å². The summed E-state index contributed by atoms with van der Waals surface area (Å²) in [6.07, 6.45) is 3.43. The molecule has 0 saturated heterocycles. The van der Waals surface area contributed by atoms with E-state index >= 15 is 0 Å². The average molecular weight is 322 g/mol. The summed E-state index contributed by atoms with van der Waals surface area (Å²) in [6.45, 7) is 10.1. The number of fused-ring (bicyclic) bond motifs is 1. The van der Waals surface area contributed by atoms with Crippen LogP contribution in [0.3, 0.4) is 0 Å². The van der Waals surface area contributed by atoms with Crippen LogP contribution in [-0.2, 0) is 28.9 Å². The number of aromatic nitrogens is 1. The number of carbonyl (C=O) groups is 1. The molecule has 0 aromatic carbocycles. The second-order valence-corrected chi connectivity index (χ2v) is 8.64. The normalized spacial score (nSPS) is 22.9. The van der Waals surface area contributed by atoms with E-state index in [0.29, 0.717) is 6.61 Å². The first kappa shape index (κ1) is 15.9. The molecule has 0 N–H and O–H groups in total. The molecule has 0 spiro atoms. The number of hydrogen-bond donors (Lipinski definition) is 0. The molecule has 5 heteroatoms. The molecule has 0 aliphatic heterocycles. The predicted molar refractivity (Wildman–Crippen MR) is 87.8 cm³/mol. The lowest BCUT2D eigenvalue weighted by Crippen LogP contribution is -2.22. The van der Waals surface area contributed by atoms with Gasteiger partial charge in [0, 0.05) is 24.2 Å². The molecular formula is C17H26N2O2S. The highest BCUT2D eigenvalue weighted by Gasteiger charge is 2.68. The highest BCUT2D eigenvalue weighted by molar-refractivity contribution is 7.09. The standard InChI is InChI=1S/C17H26N2O2S/c1-16(2)13(17(16,3)4)14(20)18-15-19(9-10-21-5)11-7-6-8-12(11)22-15/h13H,6-10H2,1-5H3/b18-15-. The third-order valence-electron chi connectivity index (χ3n) is 5.90. The van der Waals surface area contributed by atoms with Gasteiger partial charge in [0.15, 0.2) is 4.80 Å². The van der Waals surface area contributed by atoms with Gasteiger partial charge in [-0.05, 0) is 30.1 Å². The first-order valence-electron chi connectivity index (χ1n) is 8.09. The van der Waals surface area contributed by atoms with Gasteiger partial charge in [0.2, 0.25) is 0 Å². The van der Waals surface area contributed by atoms with Crippen molar-refractivity contribution in [2.75, 3.05) is 13.7 Å². The van der Waals surface area contributed by atoms with Crippen molar-refractivity contribution in [3.05, 3.63) is 15.4 Å². The van der Waals surface area contributed by atoms with Gasteiger partial charge in [0.05, 0.1) is 12.5 Å². The summed E-state index contributed by atoms with van der Waals surface area (Å²) in [4.78, 5) is 19.4. The zero-order chi connectivity index (χ0) is 16.1. The molecule has 122 valence electrons. The first-order chi connectivity index (χ1) is 10.3. The fourth-order valence-electron chi connectivity index (χ4n) is 3.85. The lowest BCUT2D eigenvalue weighted by atomic mass is 10.0. The van der Waals surface area contributed by atoms with Crippen LogP contribution in [0.5, 0.6) is 0 Å². The molecule has 0 atom stereocenters. The van der Waals surface area contributed by atoms with Crippen molar-refractivity contribution in [1.29, 1.82) is 0 Å². The fraction of sp³-hybridized carbons (Fsp3) is 0.765. The highest BCUT2D eigenvalue weighted by atomic mass is 32.1. The Labute approximate surface area is 136 Å². The van der Waals surface area contributed by atoms with Crippen molar-refractivity contribution < 1.29 is 9.53 Å². The van der Waals surface area contributed by atoms with Crippen LogP contribution in [-0.4, -0.2) is 24.2 Å². The number of carbonyl (C=O) groups excluding carboxylic acids is 1. The minimum absolute atomic E-state index is 0.0350. The summed E-state index contributed by atoms with van der Waals surface area (Å²) < 4.78 is 7.42. The zero-order valence-corrected chi connectivity index (χ0v) is 15.0. The van der Waals surface area contributed by atoms with Gasteiger partial charge in [-0.15, -0.1) is 11.3 Å². The third-order valence-corrected chi connectivity index (χ3v) is 7.08. The van der Waals surface area contributed by atoms with E-state index in [-0.39, 0.29) is 22.7 Å². The van der Waals surface area contributed by atoms with Crippen molar-refractivity contribution in [1.82, 2.24) is 4.57 Å². The third kappa shape index (κ3) is 2.29. The largest absolute Gasteiger partial charge is 0.383 e. The topological polar surface area (TPSA) is 43.6 Å². The number of amides is 1. The number of methoxy groups -OCH3 is 1. The molecule has 2 aliphatic rings. The van der Waals surface area contributed by atoms with Crippen LogP contribution >= 0.6 is 11.3 Å². The number of hydrogen-bond acceptors (Lipinski definition) is 3. The van der Waals surface area contributed by atoms with E-state index in [4.69, 9.17) is 4.74 Å². The van der Waals surface area contributed by atoms with E-state index in [1.54, 1.807) is 18.4 Å². The van der Waals surface area contributed by atoms with Crippen molar-refractivity contribution in [2.24, 2.45) is 21.7 Å². The summed E-state index contributed by atoms with van der Waals surface area (Å²) in [5.74, 6) is 0.0777. The Morgan fingerprint density at radius 2 is 2.00 bits per heavy atom. The Morgan fingerprint density at radius 3 is 2.59 bits per heavy atom. The van der Waals surface area contributed by atoms with Crippen molar-refractivity contribution in [3.8, 4) is 0 Å². The van der Waals surface area contributed by atoms with Crippen LogP contribution in [0, 0.1) is 16.7 Å². The molecular weight excluding hydrogens is 296 g/mol. The van der Waals surface area contributed by atoms with E-state index in [0.717, 1.165) is 24.2 Å².